The Morgan fingerprint density at radius 2 is 1.80 bits per heavy atom. The molecule has 2 aromatic carbocycles. The molecule has 2 aliphatic rings. The molecular weight excluding hydrogens is 523 g/mol. The Kier molecular flexibility index (Phi) is 6.85. The van der Waals surface area contributed by atoms with E-state index in [-0.39, 0.29) is 24.3 Å². The van der Waals surface area contributed by atoms with Crippen molar-refractivity contribution < 1.29 is 27.4 Å². The number of H-pyrrole nitrogens is 1. The van der Waals surface area contributed by atoms with E-state index < -0.39 is 29.2 Å². The predicted molar refractivity (Wildman–Crippen MR) is 145 cm³/mol. The van der Waals surface area contributed by atoms with Gasteiger partial charge in [0, 0.05) is 42.5 Å². The number of pyridine rings is 1. The van der Waals surface area contributed by atoms with Gasteiger partial charge < -0.3 is 14.5 Å². The van der Waals surface area contributed by atoms with Gasteiger partial charge in [-0.15, -0.1) is 0 Å². The number of carbonyl (C=O) groups excluding carboxylic acids is 1. The van der Waals surface area contributed by atoms with Crippen LogP contribution in [0.15, 0.2) is 42.6 Å². The summed E-state index contributed by atoms with van der Waals surface area (Å²) in [5.74, 6) is -2.44. The topological polar surface area (TPSA) is 73.9 Å². The van der Waals surface area contributed by atoms with Crippen molar-refractivity contribution in [3.8, 4) is 5.75 Å². The Morgan fingerprint density at radius 3 is 2.50 bits per heavy atom. The average Bonchev–Trinajstić information content (AvgIpc) is 3.37. The number of benzene rings is 2. The molecule has 8 nitrogen and oxygen atoms in total. The van der Waals surface area contributed by atoms with Gasteiger partial charge >= 0.3 is 6.03 Å². The maximum Gasteiger partial charge on any atom is 0.334 e. The number of hydrogen-bond acceptors (Lipinski definition) is 5. The summed E-state index contributed by atoms with van der Waals surface area (Å²) in [7, 11) is 1.29. The molecule has 1 fully saturated rings. The number of fused-ring (bicyclic) bond motifs is 3. The number of amides is 2. The van der Waals surface area contributed by atoms with Gasteiger partial charge in [-0.05, 0) is 48.4 Å². The van der Waals surface area contributed by atoms with Crippen LogP contribution in [0, 0.1) is 17.5 Å². The number of halogens is 3. The lowest BCUT2D eigenvalue weighted by Gasteiger charge is -2.37. The van der Waals surface area contributed by atoms with Gasteiger partial charge in [0.1, 0.15) is 17.2 Å². The van der Waals surface area contributed by atoms with Gasteiger partial charge in [0.05, 0.1) is 38.2 Å². The first-order chi connectivity index (χ1) is 19.4. The molecule has 2 aliphatic heterocycles. The lowest BCUT2D eigenvalue weighted by Crippen LogP contribution is -2.46. The minimum Gasteiger partial charge on any atom is -0.494 e. The SMILES string of the molecule is CCc1cc(OC)c(F)c(N2Cc3cnc4[nH]c(CN5CCOCC5)cc4c3N(c3ccc(F)cc3)C2=O)c1F. The molecule has 0 aliphatic carbocycles. The molecule has 0 unspecified atom stereocenters. The molecule has 11 heteroatoms. The number of nitrogens with one attached hydrogen (secondary N) is 1. The average molecular weight is 552 g/mol. The van der Waals surface area contributed by atoms with Crippen molar-refractivity contribution in [2.24, 2.45) is 0 Å². The van der Waals surface area contributed by atoms with E-state index in [2.05, 4.69) is 14.9 Å². The zero-order valence-corrected chi connectivity index (χ0v) is 22.1. The first kappa shape index (κ1) is 26.1. The molecule has 4 aromatic rings. The first-order valence-electron chi connectivity index (χ1n) is 13.1. The van der Waals surface area contributed by atoms with Gasteiger partial charge in [0.25, 0.3) is 0 Å². The van der Waals surface area contributed by atoms with E-state index in [0.717, 1.165) is 23.7 Å². The molecule has 1 saturated heterocycles. The summed E-state index contributed by atoms with van der Waals surface area (Å²) in [6.07, 6.45) is 1.87. The van der Waals surface area contributed by atoms with E-state index in [1.807, 2.05) is 6.07 Å². The Morgan fingerprint density at radius 1 is 1.05 bits per heavy atom. The number of aryl methyl sites for hydroxylation is 1. The van der Waals surface area contributed by atoms with Gasteiger partial charge in [0.15, 0.2) is 17.4 Å². The van der Waals surface area contributed by atoms with Crippen LogP contribution in [0.4, 0.5) is 35.0 Å². The second-order valence-electron chi connectivity index (χ2n) is 9.83. The van der Waals surface area contributed by atoms with Crippen molar-refractivity contribution in [3.05, 3.63) is 76.9 Å². The zero-order valence-electron chi connectivity index (χ0n) is 22.1. The van der Waals surface area contributed by atoms with Gasteiger partial charge in [-0.2, -0.15) is 0 Å². The van der Waals surface area contributed by atoms with Crippen molar-refractivity contribution in [2.45, 2.75) is 26.4 Å². The van der Waals surface area contributed by atoms with Crippen molar-refractivity contribution >= 4 is 34.1 Å². The maximum absolute atomic E-state index is 15.7. The highest BCUT2D eigenvalue weighted by Crippen LogP contribution is 2.43. The summed E-state index contributed by atoms with van der Waals surface area (Å²) in [6.45, 7) is 5.18. The number of methoxy groups -OCH3 is 1. The Balaban J connectivity index is 1.51. The van der Waals surface area contributed by atoms with Crippen LogP contribution in [0.3, 0.4) is 0 Å². The van der Waals surface area contributed by atoms with Crippen LogP contribution in [-0.2, 0) is 24.2 Å². The third-order valence-electron chi connectivity index (χ3n) is 7.41. The Bertz CT molecular complexity index is 1560. The van der Waals surface area contributed by atoms with Crippen LogP contribution >= 0.6 is 0 Å². The van der Waals surface area contributed by atoms with E-state index in [9.17, 15) is 9.18 Å². The summed E-state index contributed by atoms with van der Waals surface area (Å²) in [5, 5.41) is 0.680. The molecule has 2 aromatic heterocycles. The fraction of sp³-hybridized carbons (Fsp3) is 0.310. The van der Waals surface area contributed by atoms with Crippen LogP contribution in [0.25, 0.3) is 11.0 Å². The third-order valence-corrected chi connectivity index (χ3v) is 7.41. The number of anilines is 3. The van der Waals surface area contributed by atoms with E-state index in [1.54, 1.807) is 13.1 Å². The van der Waals surface area contributed by atoms with E-state index in [0.29, 0.717) is 47.7 Å². The maximum atomic E-state index is 15.7. The summed E-state index contributed by atoms with van der Waals surface area (Å²) in [6, 6.07) is 7.96. The molecule has 6 rings (SSSR count). The first-order valence-corrected chi connectivity index (χ1v) is 13.1. The van der Waals surface area contributed by atoms with Crippen molar-refractivity contribution in [1.29, 1.82) is 0 Å². The van der Waals surface area contributed by atoms with Crippen LogP contribution in [-0.4, -0.2) is 54.3 Å². The minimum atomic E-state index is -0.975. The highest BCUT2D eigenvalue weighted by Gasteiger charge is 2.38. The van der Waals surface area contributed by atoms with Crippen molar-refractivity contribution in [1.82, 2.24) is 14.9 Å². The molecule has 0 atom stereocenters. The molecule has 4 heterocycles. The van der Waals surface area contributed by atoms with Gasteiger partial charge in [-0.3, -0.25) is 14.7 Å². The molecule has 0 radical (unpaired) electrons. The van der Waals surface area contributed by atoms with Crippen molar-refractivity contribution in [2.75, 3.05) is 43.2 Å². The number of aromatic amines is 1. The third kappa shape index (κ3) is 4.44. The molecule has 0 bridgehead atoms. The van der Waals surface area contributed by atoms with Gasteiger partial charge in [0.2, 0.25) is 0 Å². The normalized spacial score (nSPS) is 16.1. The molecular formula is C29H28F3N5O3. The van der Waals surface area contributed by atoms with Crippen LogP contribution in [0.5, 0.6) is 5.75 Å². The number of carbonyl (C=O) groups is 1. The number of ether oxygens (including phenoxy) is 2. The quantitative estimate of drug-likeness (QED) is 0.335. The number of morpholine rings is 1. The number of hydrogen-bond donors (Lipinski definition) is 1. The zero-order chi connectivity index (χ0) is 28.0. The fourth-order valence-electron chi connectivity index (χ4n) is 5.37. The smallest absolute Gasteiger partial charge is 0.334 e. The largest absolute Gasteiger partial charge is 0.494 e. The molecule has 208 valence electrons. The molecule has 1 N–H and O–H groups in total. The molecule has 0 spiro atoms. The fourth-order valence-corrected chi connectivity index (χ4v) is 5.37. The second-order valence-corrected chi connectivity index (χ2v) is 9.83. The molecule has 0 saturated carbocycles. The summed E-state index contributed by atoms with van der Waals surface area (Å²) < 4.78 is 55.7. The standard InChI is InChI=1S/C29H28F3N5O3/c1-3-17-12-23(39-2)25(32)27(24(17)31)36-15-18-14-33-28-22(13-20(34-28)16-35-8-10-40-11-9-35)26(18)37(29(36)38)21-6-4-19(30)5-7-21/h4-7,12-14H,3,8-11,15-16H2,1-2H3,(H,33,34). The number of rotatable bonds is 6. The lowest BCUT2D eigenvalue weighted by atomic mass is 10.0. The number of nitrogens with zero attached hydrogens (tertiary/aromatic N) is 4. The minimum absolute atomic E-state index is 0.122. The summed E-state index contributed by atoms with van der Waals surface area (Å²) in [5.41, 5.74) is 2.65. The molecule has 2 amide bonds. The van der Waals surface area contributed by atoms with Crippen LogP contribution in [0.1, 0.15) is 23.7 Å². The Hall–Kier alpha value is -4.09. The summed E-state index contributed by atoms with van der Waals surface area (Å²) >= 11 is 0. The predicted octanol–water partition coefficient (Wildman–Crippen LogP) is 5.66. The highest BCUT2D eigenvalue weighted by molar-refractivity contribution is 6.15. The lowest BCUT2D eigenvalue weighted by molar-refractivity contribution is 0.0337. The Labute approximate surface area is 228 Å². The van der Waals surface area contributed by atoms with Crippen molar-refractivity contribution in [3.63, 3.8) is 0 Å². The van der Waals surface area contributed by atoms with Gasteiger partial charge in [-0.1, -0.05) is 6.92 Å². The molecule has 40 heavy (non-hydrogen) atoms. The van der Waals surface area contributed by atoms with E-state index in [1.165, 1.54) is 42.3 Å². The van der Waals surface area contributed by atoms with Crippen LogP contribution < -0.4 is 14.5 Å². The highest BCUT2D eigenvalue weighted by atomic mass is 19.1. The second kappa shape index (κ2) is 10.5. The number of aromatic nitrogens is 2. The van der Waals surface area contributed by atoms with E-state index >= 15 is 8.78 Å². The number of urea groups is 1. The monoisotopic (exact) mass is 551 g/mol. The van der Waals surface area contributed by atoms with E-state index in [4.69, 9.17) is 9.47 Å². The van der Waals surface area contributed by atoms with Crippen LogP contribution in [0.2, 0.25) is 0 Å². The summed E-state index contributed by atoms with van der Waals surface area (Å²) in [4.78, 5) is 26.8. The van der Waals surface area contributed by atoms with Gasteiger partial charge in [-0.25, -0.2) is 22.9 Å².